The summed E-state index contributed by atoms with van der Waals surface area (Å²) in [6.07, 6.45) is 1.41. The molecule has 0 saturated carbocycles. The fourth-order valence-corrected chi connectivity index (χ4v) is 3.45. The third kappa shape index (κ3) is 7.08. The highest BCUT2D eigenvalue weighted by molar-refractivity contribution is 9.10. The molecule has 0 fully saturated rings. The first-order valence-electron chi connectivity index (χ1n) is 10.4. The lowest BCUT2D eigenvalue weighted by Crippen LogP contribution is -2.32. The third-order valence-corrected chi connectivity index (χ3v) is 5.08. The normalized spacial score (nSPS) is 10.6. The number of anilines is 1. The highest BCUT2D eigenvalue weighted by Crippen LogP contribution is 2.37. The summed E-state index contributed by atoms with van der Waals surface area (Å²) in [4.78, 5) is 24.1. The van der Waals surface area contributed by atoms with E-state index in [1.807, 2.05) is 37.3 Å². The zero-order valence-electron chi connectivity index (χ0n) is 18.7. The Kier molecular flexibility index (Phi) is 9.04. The monoisotopic (exact) mass is 525 g/mol. The van der Waals surface area contributed by atoms with Crippen LogP contribution in [0.2, 0.25) is 0 Å². The Balaban J connectivity index is 1.62. The van der Waals surface area contributed by atoms with Crippen LogP contribution in [0, 0.1) is 0 Å². The van der Waals surface area contributed by atoms with Crippen LogP contribution in [0.5, 0.6) is 17.2 Å². The molecule has 0 unspecified atom stereocenters. The Morgan fingerprint density at radius 2 is 1.74 bits per heavy atom. The maximum atomic E-state index is 12.1. The molecule has 3 rings (SSSR count). The minimum absolute atomic E-state index is 0.381. The van der Waals surface area contributed by atoms with Crippen molar-refractivity contribution < 1.29 is 23.8 Å². The van der Waals surface area contributed by atoms with Crippen LogP contribution in [0.1, 0.15) is 18.1 Å². The van der Waals surface area contributed by atoms with Crippen LogP contribution < -0.4 is 25.0 Å². The summed E-state index contributed by atoms with van der Waals surface area (Å²) >= 11 is 3.51. The van der Waals surface area contributed by atoms with Crippen LogP contribution in [0.4, 0.5) is 5.69 Å². The molecule has 0 atom stereocenters. The minimum atomic E-state index is -0.904. The van der Waals surface area contributed by atoms with E-state index in [1.165, 1.54) is 6.21 Å². The van der Waals surface area contributed by atoms with Crippen LogP contribution in [0.25, 0.3) is 0 Å². The topological polar surface area (TPSA) is 98.2 Å². The van der Waals surface area contributed by atoms with Crippen molar-refractivity contribution in [1.82, 2.24) is 5.43 Å². The van der Waals surface area contributed by atoms with Crippen LogP contribution >= 0.6 is 15.9 Å². The Morgan fingerprint density at radius 1 is 1.00 bits per heavy atom. The Morgan fingerprint density at radius 3 is 2.41 bits per heavy atom. The van der Waals surface area contributed by atoms with Crippen molar-refractivity contribution in [2.75, 3.05) is 19.0 Å². The van der Waals surface area contributed by atoms with E-state index in [0.29, 0.717) is 46.2 Å². The Hall–Kier alpha value is -3.85. The number of hydrogen-bond acceptors (Lipinski definition) is 6. The van der Waals surface area contributed by atoms with Crippen LogP contribution in [-0.2, 0) is 16.2 Å². The summed E-state index contributed by atoms with van der Waals surface area (Å²) in [5.41, 5.74) is 4.34. The van der Waals surface area contributed by atoms with Gasteiger partial charge in [0.05, 0.1) is 24.4 Å². The Labute approximate surface area is 206 Å². The van der Waals surface area contributed by atoms with Crippen molar-refractivity contribution in [2.45, 2.75) is 13.5 Å². The summed E-state index contributed by atoms with van der Waals surface area (Å²) in [6.45, 7) is 2.70. The molecule has 9 heteroatoms. The number of amides is 2. The van der Waals surface area contributed by atoms with Gasteiger partial charge in [-0.05, 0) is 70.4 Å². The fourth-order valence-electron chi connectivity index (χ4n) is 2.87. The molecule has 0 aromatic heterocycles. The second kappa shape index (κ2) is 12.4. The second-order valence-electron chi connectivity index (χ2n) is 6.92. The number of hydrogen-bond donors (Lipinski definition) is 2. The highest BCUT2D eigenvalue weighted by Gasteiger charge is 2.14. The standard InChI is InChI=1S/C25H24BrN3O5/c1-3-33-22-14-18(13-21(26)23(22)34-16-17-7-5-4-6-8-17)15-27-29-25(31)24(30)28-19-9-11-20(32-2)12-10-19/h4-15H,3,16H2,1-2H3,(H,28,30)(H,29,31)/b27-15+. The fraction of sp³-hybridized carbons (Fsp3) is 0.160. The zero-order chi connectivity index (χ0) is 24.3. The van der Waals surface area contributed by atoms with Crippen LogP contribution in [0.15, 0.2) is 76.3 Å². The van der Waals surface area contributed by atoms with Gasteiger partial charge in [-0.2, -0.15) is 5.10 Å². The van der Waals surface area contributed by atoms with E-state index in [2.05, 4.69) is 31.8 Å². The van der Waals surface area contributed by atoms with Gasteiger partial charge >= 0.3 is 11.8 Å². The summed E-state index contributed by atoms with van der Waals surface area (Å²) in [5.74, 6) is -0.0214. The summed E-state index contributed by atoms with van der Waals surface area (Å²) in [6, 6.07) is 19.9. The number of carbonyl (C=O) groups excluding carboxylic acids is 2. The number of carbonyl (C=O) groups is 2. The van der Waals surface area contributed by atoms with Gasteiger partial charge in [0.2, 0.25) is 0 Å². The van der Waals surface area contributed by atoms with Crippen molar-refractivity contribution in [3.63, 3.8) is 0 Å². The molecule has 2 amide bonds. The molecule has 0 spiro atoms. The SMILES string of the molecule is CCOc1cc(/C=N/NC(=O)C(=O)Nc2ccc(OC)cc2)cc(Br)c1OCc1ccccc1. The molecular weight excluding hydrogens is 502 g/mol. The van der Waals surface area contributed by atoms with E-state index in [0.717, 1.165) is 5.56 Å². The van der Waals surface area contributed by atoms with E-state index in [4.69, 9.17) is 14.2 Å². The average Bonchev–Trinajstić information content (AvgIpc) is 2.84. The summed E-state index contributed by atoms with van der Waals surface area (Å²) in [7, 11) is 1.54. The number of ether oxygens (including phenoxy) is 3. The molecule has 0 saturated heterocycles. The van der Waals surface area contributed by atoms with E-state index in [-0.39, 0.29) is 0 Å². The number of methoxy groups -OCH3 is 1. The lowest BCUT2D eigenvalue weighted by Gasteiger charge is -2.14. The predicted molar refractivity (Wildman–Crippen MR) is 133 cm³/mol. The summed E-state index contributed by atoms with van der Waals surface area (Å²) < 4.78 is 17.4. The average molecular weight is 526 g/mol. The molecule has 0 aliphatic heterocycles. The molecule has 3 aromatic carbocycles. The van der Waals surface area contributed by atoms with Crippen molar-refractivity contribution in [3.05, 3.63) is 82.3 Å². The molecule has 8 nitrogen and oxygen atoms in total. The largest absolute Gasteiger partial charge is 0.497 e. The van der Waals surface area contributed by atoms with E-state index < -0.39 is 11.8 Å². The molecule has 0 heterocycles. The molecule has 0 radical (unpaired) electrons. The van der Waals surface area contributed by atoms with E-state index in [1.54, 1.807) is 43.5 Å². The molecule has 0 bridgehead atoms. The molecule has 3 aromatic rings. The van der Waals surface area contributed by atoms with Crippen LogP contribution in [0.3, 0.4) is 0 Å². The number of nitrogens with one attached hydrogen (secondary N) is 2. The third-order valence-electron chi connectivity index (χ3n) is 4.49. The number of nitrogens with zero attached hydrogens (tertiary/aromatic N) is 1. The first-order valence-corrected chi connectivity index (χ1v) is 11.2. The molecular formula is C25H24BrN3O5. The van der Waals surface area contributed by atoms with Crippen molar-refractivity contribution >= 4 is 39.6 Å². The summed E-state index contributed by atoms with van der Waals surface area (Å²) in [5, 5.41) is 6.36. The van der Waals surface area contributed by atoms with Crippen LogP contribution in [-0.4, -0.2) is 31.7 Å². The number of rotatable bonds is 9. The first kappa shape index (κ1) is 24.8. The van der Waals surface area contributed by atoms with E-state index >= 15 is 0 Å². The van der Waals surface area contributed by atoms with Gasteiger partial charge in [-0.3, -0.25) is 9.59 Å². The number of hydrazone groups is 1. The number of benzene rings is 3. The van der Waals surface area contributed by atoms with Gasteiger partial charge in [0.1, 0.15) is 12.4 Å². The first-order chi connectivity index (χ1) is 16.5. The van der Waals surface area contributed by atoms with Crippen molar-refractivity contribution in [1.29, 1.82) is 0 Å². The quantitative estimate of drug-likeness (QED) is 0.243. The van der Waals surface area contributed by atoms with Crippen molar-refractivity contribution in [2.24, 2.45) is 5.10 Å². The Bertz CT molecular complexity index is 1150. The number of halogens is 1. The van der Waals surface area contributed by atoms with Gasteiger partial charge in [0.15, 0.2) is 11.5 Å². The highest BCUT2D eigenvalue weighted by atomic mass is 79.9. The zero-order valence-corrected chi connectivity index (χ0v) is 20.3. The van der Waals surface area contributed by atoms with E-state index in [9.17, 15) is 9.59 Å². The van der Waals surface area contributed by atoms with Gasteiger partial charge < -0.3 is 19.5 Å². The van der Waals surface area contributed by atoms with Gasteiger partial charge in [0, 0.05) is 5.69 Å². The second-order valence-corrected chi connectivity index (χ2v) is 7.77. The molecule has 0 aliphatic rings. The van der Waals surface area contributed by atoms with Crippen molar-refractivity contribution in [3.8, 4) is 17.2 Å². The maximum absolute atomic E-state index is 12.1. The minimum Gasteiger partial charge on any atom is -0.497 e. The molecule has 176 valence electrons. The van der Waals surface area contributed by atoms with Gasteiger partial charge in [-0.25, -0.2) is 5.43 Å². The molecule has 2 N–H and O–H groups in total. The van der Waals surface area contributed by atoms with Gasteiger partial charge in [-0.15, -0.1) is 0 Å². The van der Waals surface area contributed by atoms with Gasteiger partial charge in [0.25, 0.3) is 0 Å². The lowest BCUT2D eigenvalue weighted by atomic mass is 10.2. The molecule has 34 heavy (non-hydrogen) atoms. The van der Waals surface area contributed by atoms with Gasteiger partial charge in [-0.1, -0.05) is 30.3 Å². The smallest absolute Gasteiger partial charge is 0.329 e. The molecule has 0 aliphatic carbocycles. The lowest BCUT2D eigenvalue weighted by molar-refractivity contribution is -0.136. The predicted octanol–water partition coefficient (Wildman–Crippen LogP) is 4.52. The maximum Gasteiger partial charge on any atom is 0.329 e.